The summed E-state index contributed by atoms with van der Waals surface area (Å²) >= 11 is 11.8. The number of carbonyl (C=O) groups is 1. The summed E-state index contributed by atoms with van der Waals surface area (Å²) in [5.41, 5.74) is 0. The zero-order chi connectivity index (χ0) is 13.8. The number of hydrogen-bond acceptors (Lipinski definition) is 3. The normalized spacial score (nSPS) is 19.3. The molecule has 1 N–H and O–H groups in total. The number of nitrogens with zero attached hydrogens (tertiary/aromatic N) is 1. The van der Waals surface area contributed by atoms with Gasteiger partial charge < -0.3 is 15.0 Å². The molecule has 4 nitrogen and oxygen atoms in total. The van der Waals surface area contributed by atoms with Gasteiger partial charge in [-0.15, -0.1) is 0 Å². The first-order chi connectivity index (χ1) is 9.08. The number of ether oxygens (including phenoxy) is 1. The minimum atomic E-state index is -0.0278. The van der Waals surface area contributed by atoms with Crippen molar-refractivity contribution in [2.45, 2.75) is 13.0 Å². The molecule has 0 aromatic heterocycles. The second-order valence-electron chi connectivity index (χ2n) is 4.50. The van der Waals surface area contributed by atoms with E-state index < -0.39 is 0 Å². The predicted octanol–water partition coefficient (Wildman–Crippen LogP) is 2.19. The van der Waals surface area contributed by atoms with Gasteiger partial charge in [0.15, 0.2) is 6.61 Å². The molecule has 1 aromatic carbocycles. The molecule has 104 valence electrons. The van der Waals surface area contributed by atoms with Gasteiger partial charge in [-0.05, 0) is 25.1 Å². The lowest BCUT2D eigenvalue weighted by Gasteiger charge is -2.33. The van der Waals surface area contributed by atoms with Crippen LogP contribution in [0, 0.1) is 0 Å². The van der Waals surface area contributed by atoms with E-state index in [1.807, 2.05) is 11.8 Å². The van der Waals surface area contributed by atoms with Crippen LogP contribution in [0.25, 0.3) is 0 Å². The van der Waals surface area contributed by atoms with Crippen LogP contribution in [0.15, 0.2) is 18.2 Å². The molecule has 0 unspecified atom stereocenters. The standard InChI is InChI=1S/C13H16Cl2N2O2/c1-9-7-16-4-5-17(9)13(18)8-19-12-3-2-10(14)6-11(12)15/h2-3,6,9,16H,4-5,7-8H2,1H3/t9-/m1/s1. The summed E-state index contributed by atoms with van der Waals surface area (Å²) in [6, 6.07) is 5.13. The van der Waals surface area contributed by atoms with E-state index in [0.29, 0.717) is 22.3 Å². The molecule has 0 saturated carbocycles. The molecule has 0 radical (unpaired) electrons. The zero-order valence-electron chi connectivity index (χ0n) is 10.7. The highest BCUT2D eigenvalue weighted by atomic mass is 35.5. The van der Waals surface area contributed by atoms with Gasteiger partial charge >= 0.3 is 0 Å². The first-order valence-electron chi connectivity index (χ1n) is 6.16. The van der Waals surface area contributed by atoms with Crippen molar-refractivity contribution in [3.05, 3.63) is 28.2 Å². The van der Waals surface area contributed by atoms with Gasteiger partial charge in [-0.1, -0.05) is 23.2 Å². The van der Waals surface area contributed by atoms with Crippen LogP contribution in [-0.4, -0.2) is 43.1 Å². The van der Waals surface area contributed by atoms with E-state index in [0.717, 1.165) is 13.1 Å². The number of amides is 1. The maximum absolute atomic E-state index is 12.1. The molecule has 6 heteroatoms. The van der Waals surface area contributed by atoms with Gasteiger partial charge in [0.2, 0.25) is 0 Å². The average Bonchev–Trinajstić information content (AvgIpc) is 2.38. The number of halogens is 2. The second-order valence-corrected chi connectivity index (χ2v) is 5.35. The zero-order valence-corrected chi connectivity index (χ0v) is 12.2. The minimum absolute atomic E-state index is 0.00824. The molecule has 0 aliphatic carbocycles. The van der Waals surface area contributed by atoms with Crippen molar-refractivity contribution in [3.63, 3.8) is 0 Å². The summed E-state index contributed by atoms with van der Waals surface area (Å²) in [6.07, 6.45) is 0. The third-order valence-corrected chi connectivity index (χ3v) is 3.60. The lowest BCUT2D eigenvalue weighted by atomic mass is 10.2. The molecule has 1 aromatic rings. The SMILES string of the molecule is C[C@@H]1CNCCN1C(=O)COc1ccc(Cl)cc1Cl. The summed E-state index contributed by atoms with van der Waals surface area (Å²) in [5, 5.41) is 4.19. The largest absolute Gasteiger partial charge is 0.482 e. The van der Waals surface area contributed by atoms with Crippen molar-refractivity contribution in [2.75, 3.05) is 26.2 Å². The Kier molecular flexibility index (Phi) is 4.91. The fourth-order valence-corrected chi connectivity index (χ4v) is 2.49. The molecular formula is C13H16Cl2N2O2. The van der Waals surface area contributed by atoms with Crippen LogP contribution in [0.5, 0.6) is 5.75 Å². The Labute approximate surface area is 122 Å². The highest BCUT2D eigenvalue weighted by Crippen LogP contribution is 2.27. The highest BCUT2D eigenvalue weighted by molar-refractivity contribution is 6.35. The summed E-state index contributed by atoms with van der Waals surface area (Å²) < 4.78 is 5.45. The van der Waals surface area contributed by atoms with E-state index in [1.165, 1.54) is 0 Å². The van der Waals surface area contributed by atoms with Gasteiger partial charge in [-0.25, -0.2) is 0 Å². The Morgan fingerprint density at radius 2 is 2.32 bits per heavy atom. The van der Waals surface area contributed by atoms with Gasteiger partial charge in [-0.2, -0.15) is 0 Å². The van der Waals surface area contributed by atoms with E-state index in [2.05, 4.69) is 5.32 Å². The molecule has 2 rings (SSSR count). The molecule has 0 bridgehead atoms. The topological polar surface area (TPSA) is 41.6 Å². The quantitative estimate of drug-likeness (QED) is 0.930. The molecule has 1 heterocycles. The number of benzene rings is 1. The Morgan fingerprint density at radius 3 is 3.00 bits per heavy atom. The predicted molar refractivity (Wildman–Crippen MR) is 76.0 cm³/mol. The molecule has 1 aliphatic heterocycles. The van der Waals surface area contributed by atoms with Gasteiger partial charge in [0.1, 0.15) is 5.75 Å². The Hall–Kier alpha value is -0.970. The van der Waals surface area contributed by atoms with Crippen molar-refractivity contribution in [1.29, 1.82) is 0 Å². The molecule has 1 saturated heterocycles. The van der Waals surface area contributed by atoms with Crippen molar-refractivity contribution < 1.29 is 9.53 Å². The van der Waals surface area contributed by atoms with Crippen LogP contribution < -0.4 is 10.1 Å². The van der Waals surface area contributed by atoms with Gasteiger partial charge in [0, 0.05) is 30.7 Å². The highest BCUT2D eigenvalue weighted by Gasteiger charge is 2.23. The Balaban J connectivity index is 1.92. The smallest absolute Gasteiger partial charge is 0.260 e. The van der Waals surface area contributed by atoms with Crippen LogP contribution in [0.2, 0.25) is 10.0 Å². The molecular weight excluding hydrogens is 287 g/mol. The average molecular weight is 303 g/mol. The maximum Gasteiger partial charge on any atom is 0.260 e. The van der Waals surface area contributed by atoms with E-state index in [4.69, 9.17) is 27.9 Å². The van der Waals surface area contributed by atoms with E-state index in [9.17, 15) is 4.79 Å². The van der Waals surface area contributed by atoms with E-state index >= 15 is 0 Å². The molecule has 1 fully saturated rings. The monoisotopic (exact) mass is 302 g/mol. The van der Waals surface area contributed by atoms with Crippen molar-refractivity contribution in [2.24, 2.45) is 0 Å². The Bertz CT molecular complexity index is 468. The van der Waals surface area contributed by atoms with Crippen LogP contribution >= 0.6 is 23.2 Å². The van der Waals surface area contributed by atoms with Crippen LogP contribution in [0.4, 0.5) is 0 Å². The molecule has 1 amide bonds. The number of rotatable bonds is 3. The van der Waals surface area contributed by atoms with E-state index in [1.54, 1.807) is 18.2 Å². The Morgan fingerprint density at radius 1 is 1.53 bits per heavy atom. The summed E-state index contributed by atoms with van der Waals surface area (Å²) in [4.78, 5) is 13.9. The van der Waals surface area contributed by atoms with Gasteiger partial charge in [0.25, 0.3) is 5.91 Å². The fraction of sp³-hybridized carbons (Fsp3) is 0.462. The third-order valence-electron chi connectivity index (χ3n) is 3.07. The molecule has 0 spiro atoms. The first-order valence-corrected chi connectivity index (χ1v) is 6.91. The van der Waals surface area contributed by atoms with E-state index in [-0.39, 0.29) is 18.6 Å². The lowest BCUT2D eigenvalue weighted by Crippen LogP contribution is -2.53. The summed E-state index contributed by atoms with van der Waals surface area (Å²) in [7, 11) is 0. The maximum atomic E-state index is 12.1. The summed E-state index contributed by atoms with van der Waals surface area (Å²) in [5.74, 6) is 0.447. The number of carbonyl (C=O) groups excluding carboxylic acids is 1. The molecule has 19 heavy (non-hydrogen) atoms. The first kappa shape index (κ1) is 14.4. The van der Waals surface area contributed by atoms with Gasteiger partial charge in [-0.3, -0.25) is 4.79 Å². The number of hydrogen-bond donors (Lipinski definition) is 1. The van der Waals surface area contributed by atoms with Crippen molar-refractivity contribution in [1.82, 2.24) is 10.2 Å². The fourth-order valence-electron chi connectivity index (χ4n) is 2.03. The van der Waals surface area contributed by atoms with Crippen molar-refractivity contribution >= 4 is 29.1 Å². The second kappa shape index (κ2) is 6.46. The minimum Gasteiger partial charge on any atom is -0.482 e. The van der Waals surface area contributed by atoms with Crippen LogP contribution in [0.1, 0.15) is 6.92 Å². The molecule has 1 atom stereocenters. The number of nitrogens with one attached hydrogen (secondary N) is 1. The molecule has 1 aliphatic rings. The van der Waals surface area contributed by atoms with Crippen LogP contribution in [-0.2, 0) is 4.79 Å². The lowest BCUT2D eigenvalue weighted by molar-refractivity contribution is -0.136. The summed E-state index contributed by atoms with van der Waals surface area (Å²) in [6.45, 7) is 4.34. The van der Waals surface area contributed by atoms with Gasteiger partial charge in [0.05, 0.1) is 5.02 Å². The third kappa shape index (κ3) is 3.75. The van der Waals surface area contributed by atoms with Crippen molar-refractivity contribution in [3.8, 4) is 5.75 Å². The number of piperazine rings is 1. The van der Waals surface area contributed by atoms with Crippen LogP contribution in [0.3, 0.4) is 0 Å².